The first-order valence-corrected chi connectivity index (χ1v) is 8.96. The third-order valence-corrected chi connectivity index (χ3v) is 4.54. The van der Waals surface area contributed by atoms with Crippen molar-refractivity contribution in [2.45, 2.75) is 20.1 Å². The van der Waals surface area contributed by atoms with Gasteiger partial charge in [-0.05, 0) is 30.3 Å². The number of carbonyl (C=O) groups is 2. The molecule has 0 spiro atoms. The third kappa shape index (κ3) is 4.23. The molecule has 2 aromatic carbocycles. The summed E-state index contributed by atoms with van der Waals surface area (Å²) < 4.78 is 5.88. The second-order valence-electron chi connectivity index (χ2n) is 5.93. The summed E-state index contributed by atoms with van der Waals surface area (Å²) in [4.78, 5) is 25.7. The molecule has 6 nitrogen and oxygen atoms in total. The van der Waals surface area contributed by atoms with Gasteiger partial charge in [0.1, 0.15) is 0 Å². The van der Waals surface area contributed by atoms with Gasteiger partial charge in [-0.1, -0.05) is 41.4 Å². The molecule has 0 saturated heterocycles. The normalized spacial score (nSPS) is 15.9. The number of hydrazone groups is 1. The van der Waals surface area contributed by atoms with E-state index in [2.05, 4.69) is 5.10 Å². The maximum absolute atomic E-state index is 12.1. The summed E-state index contributed by atoms with van der Waals surface area (Å²) in [5.41, 5.74) is 1.22. The lowest BCUT2D eigenvalue weighted by Crippen LogP contribution is -2.44. The molecule has 1 heterocycles. The molecule has 0 saturated carbocycles. The van der Waals surface area contributed by atoms with Gasteiger partial charge in [-0.3, -0.25) is 9.59 Å². The molecule has 2 aromatic rings. The molecule has 1 atom stereocenters. The Labute approximate surface area is 166 Å². The number of ether oxygens (including phenoxy) is 1. The zero-order valence-electron chi connectivity index (χ0n) is 14.7. The van der Waals surface area contributed by atoms with Crippen LogP contribution in [0.1, 0.15) is 19.4 Å². The van der Waals surface area contributed by atoms with Crippen LogP contribution in [-0.2, 0) is 14.3 Å². The Kier molecular flexibility index (Phi) is 5.68. The summed E-state index contributed by atoms with van der Waals surface area (Å²) in [5, 5.41) is 6.29. The molecule has 8 heteroatoms. The van der Waals surface area contributed by atoms with E-state index < -0.39 is 6.23 Å². The largest absolute Gasteiger partial charge is 0.448 e. The summed E-state index contributed by atoms with van der Waals surface area (Å²) in [6.07, 6.45) is -0.770. The van der Waals surface area contributed by atoms with Crippen molar-refractivity contribution in [2.75, 3.05) is 11.4 Å². The van der Waals surface area contributed by atoms with E-state index in [9.17, 15) is 9.59 Å². The fourth-order valence-electron chi connectivity index (χ4n) is 2.71. The van der Waals surface area contributed by atoms with Gasteiger partial charge in [0.25, 0.3) is 0 Å². The predicted molar refractivity (Wildman–Crippen MR) is 105 cm³/mol. The van der Waals surface area contributed by atoms with Crippen LogP contribution in [0.4, 0.5) is 5.69 Å². The molecule has 1 aliphatic heterocycles. The van der Waals surface area contributed by atoms with Gasteiger partial charge in [-0.15, -0.1) is 5.10 Å². The highest BCUT2D eigenvalue weighted by Crippen LogP contribution is 2.27. The quantitative estimate of drug-likeness (QED) is 0.774. The van der Waals surface area contributed by atoms with Crippen LogP contribution in [0.25, 0.3) is 0 Å². The molecule has 0 radical (unpaired) electrons. The van der Waals surface area contributed by atoms with Crippen LogP contribution in [0.15, 0.2) is 53.6 Å². The lowest BCUT2D eigenvalue weighted by atomic mass is 10.2. The highest BCUT2D eigenvalue weighted by atomic mass is 35.5. The molecule has 1 aliphatic rings. The fourth-order valence-corrected chi connectivity index (χ4v) is 3.20. The number of hydrogen-bond acceptors (Lipinski definition) is 4. The first-order valence-electron chi connectivity index (χ1n) is 8.20. The van der Waals surface area contributed by atoms with E-state index in [-0.39, 0.29) is 24.3 Å². The maximum Gasteiger partial charge on any atom is 0.243 e. The molecule has 27 heavy (non-hydrogen) atoms. The number of anilines is 1. The second kappa shape index (κ2) is 7.98. The Balaban J connectivity index is 1.87. The number of hydrogen-bond donors (Lipinski definition) is 0. The second-order valence-corrected chi connectivity index (χ2v) is 6.77. The van der Waals surface area contributed by atoms with E-state index in [0.29, 0.717) is 21.3 Å². The number of benzene rings is 2. The van der Waals surface area contributed by atoms with Gasteiger partial charge < -0.3 is 9.64 Å². The minimum absolute atomic E-state index is 0.122. The molecular weight excluding hydrogens is 389 g/mol. The number of halogens is 2. The summed E-state index contributed by atoms with van der Waals surface area (Å²) in [6.45, 7) is 2.96. The SMILES string of the molecule is CC(=O)N(CC1OC(c2ccc(Cl)cc2Cl)=NN1C(C)=O)c1ccccc1. The van der Waals surface area contributed by atoms with Crippen molar-refractivity contribution in [1.82, 2.24) is 5.01 Å². The van der Waals surface area contributed by atoms with E-state index in [1.807, 2.05) is 30.3 Å². The molecule has 0 fully saturated rings. The van der Waals surface area contributed by atoms with Crippen LogP contribution in [0.3, 0.4) is 0 Å². The molecule has 0 N–H and O–H groups in total. The standard InChI is InChI=1S/C19H17Cl2N3O3/c1-12(25)23(15-6-4-3-5-7-15)11-18-24(13(2)26)22-19(27-18)16-9-8-14(20)10-17(16)21/h3-10,18H,11H2,1-2H3. The summed E-state index contributed by atoms with van der Waals surface area (Å²) in [7, 11) is 0. The van der Waals surface area contributed by atoms with E-state index in [4.69, 9.17) is 27.9 Å². The fraction of sp³-hybridized carbons (Fsp3) is 0.211. The van der Waals surface area contributed by atoms with Crippen molar-refractivity contribution >= 4 is 46.6 Å². The van der Waals surface area contributed by atoms with Gasteiger partial charge in [0, 0.05) is 24.6 Å². The number of rotatable bonds is 4. The van der Waals surface area contributed by atoms with E-state index >= 15 is 0 Å². The summed E-state index contributed by atoms with van der Waals surface area (Å²) in [5.74, 6) is -0.281. The minimum atomic E-state index is -0.770. The highest BCUT2D eigenvalue weighted by Gasteiger charge is 2.34. The smallest absolute Gasteiger partial charge is 0.243 e. The first kappa shape index (κ1) is 19.2. The van der Waals surface area contributed by atoms with E-state index in [0.717, 1.165) is 0 Å². The molecular formula is C19H17Cl2N3O3. The third-order valence-electron chi connectivity index (χ3n) is 3.99. The number of carbonyl (C=O) groups excluding carboxylic acids is 2. The van der Waals surface area contributed by atoms with Crippen LogP contribution in [0.5, 0.6) is 0 Å². The van der Waals surface area contributed by atoms with Crippen LogP contribution >= 0.6 is 23.2 Å². The lowest BCUT2D eigenvalue weighted by Gasteiger charge is -2.27. The average Bonchev–Trinajstić information content (AvgIpc) is 3.04. The van der Waals surface area contributed by atoms with Crippen LogP contribution < -0.4 is 4.90 Å². The Morgan fingerprint density at radius 2 is 1.85 bits per heavy atom. The number of nitrogens with zero attached hydrogens (tertiary/aromatic N) is 3. The summed E-state index contributed by atoms with van der Waals surface area (Å²) >= 11 is 12.2. The van der Waals surface area contributed by atoms with Crippen molar-refractivity contribution < 1.29 is 14.3 Å². The van der Waals surface area contributed by atoms with Crippen molar-refractivity contribution in [3.05, 3.63) is 64.1 Å². The summed E-state index contributed by atoms with van der Waals surface area (Å²) in [6, 6.07) is 14.0. The molecule has 0 bridgehead atoms. The van der Waals surface area contributed by atoms with Crippen molar-refractivity contribution in [3.63, 3.8) is 0 Å². The lowest BCUT2D eigenvalue weighted by molar-refractivity contribution is -0.135. The van der Waals surface area contributed by atoms with Crippen LogP contribution in [0.2, 0.25) is 10.0 Å². The Morgan fingerprint density at radius 1 is 1.15 bits per heavy atom. The Morgan fingerprint density at radius 3 is 2.44 bits per heavy atom. The van der Waals surface area contributed by atoms with Gasteiger partial charge in [-0.2, -0.15) is 5.01 Å². The molecule has 1 unspecified atom stereocenters. The van der Waals surface area contributed by atoms with Crippen LogP contribution in [0, 0.1) is 0 Å². The van der Waals surface area contributed by atoms with E-state index in [1.54, 1.807) is 18.2 Å². The van der Waals surface area contributed by atoms with Gasteiger partial charge in [0.15, 0.2) is 0 Å². The Bertz CT molecular complexity index is 902. The molecule has 3 rings (SSSR count). The van der Waals surface area contributed by atoms with Crippen LogP contribution in [-0.4, -0.2) is 35.5 Å². The highest BCUT2D eigenvalue weighted by molar-refractivity contribution is 6.36. The zero-order chi connectivity index (χ0) is 19.6. The predicted octanol–water partition coefficient (Wildman–Crippen LogP) is 3.91. The van der Waals surface area contributed by atoms with E-state index in [1.165, 1.54) is 23.8 Å². The van der Waals surface area contributed by atoms with Crippen molar-refractivity contribution in [3.8, 4) is 0 Å². The zero-order valence-corrected chi connectivity index (χ0v) is 16.2. The molecule has 2 amide bonds. The maximum atomic E-state index is 12.1. The van der Waals surface area contributed by atoms with Crippen molar-refractivity contribution in [1.29, 1.82) is 0 Å². The number of para-hydroxylation sites is 1. The van der Waals surface area contributed by atoms with Gasteiger partial charge >= 0.3 is 0 Å². The topological polar surface area (TPSA) is 62.2 Å². The molecule has 140 valence electrons. The number of amides is 2. The monoisotopic (exact) mass is 405 g/mol. The first-order chi connectivity index (χ1) is 12.9. The van der Waals surface area contributed by atoms with Crippen molar-refractivity contribution in [2.24, 2.45) is 5.10 Å². The molecule has 0 aromatic heterocycles. The van der Waals surface area contributed by atoms with Gasteiger partial charge in [0.05, 0.1) is 17.1 Å². The minimum Gasteiger partial charge on any atom is -0.448 e. The van der Waals surface area contributed by atoms with Gasteiger partial charge in [-0.25, -0.2) is 0 Å². The Hall–Kier alpha value is -2.57. The molecule has 0 aliphatic carbocycles. The van der Waals surface area contributed by atoms with Gasteiger partial charge in [0.2, 0.25) is 23.9 Å². The average molecular weight is 406 g/mol.